The molecule has 4 fully saturated rings. The lowest BCUT2D eigenvalue weighted by Crippen LogP contribution is -2.60. The number of amides is 1. The molecule has 4 nitrogen and oxygen atoms in total. The smallest absolute Gasteiger partial charge is 0.274 e. The van der Waals surface area contributed by atoms with E-state index in [1.54, 1.807) is 0 Å². The summed E-state index contributed by atoms with van der Waals surface area (Å²) in [6.45, 7) is 4.01. The Bertz CT molecular complexity index is 847. The number of hydrogen-bond acceptors (Lipinski definition) is 2. The van der Waals surface area contributed by atoms with Crippen molar-refractivity contribution in [3.8, 4) is 5.69 Å². The summed E-state index contributed by atoms with van der Waals surface area (Å²) in [5.41, 5.74) is 2.70. The van der Waals surface area contributed by atoms with Crippen molar-refractivity contribution in [2.45, 2.75) is 57.9 Å². The van der Waals surface area contributed by atoms with Crippen LogP contribution in [0.1, 0.15) is 60.5 Å². The summed E-state index contributed by atoms with van der Waals surface area (Å²) in [5.74, 6) is 3.47. The minimum Gasteiger partial charge on any atom is -0.335 e. The highest BCUT2D eigenvalue weighted by Gasteiger charge is 2.54. The van der Waals surface area contributed by atoms with E-state index in [0.717, 1.165) is 35.0 Å². The van der Waals surface area contributed by atoms with Gasteiger partial charge in [-0.15, -0.1) is 0 Å². The number of rotatable bonds is 3. The molecule has 0 aliphatic heterocycles. The van der Waals surface area contributed by atoms with Gasteiger partial charge in [0, 0.05) is 18.3 Å². The van der Waals surface area contributed by atoms with Crippen LogP contribution in [-0.2, 0) is 0 Å². The van der Waals surface area contributed by atoms with Gasteiger partial charge in [0.25, 0.3) is 5.91 Å². The molecule has 1 aromatic heterocycles. The molecule has 4 heteroatoms. The highest BCUT2D eigenvalue weighted by molar-refractivity contribution is 5.94. The van der Waals surface area contributed by atoms with Gasteiger partial charge in [0.2, 0.25) is 0 Å². The topological polar surface area (TPSA) is 38.1 Å². The van der Waals surface area contributed by atoms with E-state index in [1.807, 2.05) is 39.1 Å². The maximum Gasteiger partial charge on any atom is 0.274 e. The van der Waals surface area contributed by atoms with Crippen molar-refractivity contribution < 1.29 is 4.79 Å². The van der Waals surface area contributed by atoms with E-state index in [1.165, 1.54) is 38.5 Å². The standard InChI is InChI=1S/C23H29N3O/c1-15-21(24-16(2)26(15)20-7-5-4-6-8-20)22(27)25(3)23-12-17-9-18(13-23)11-19(10-17)14-23/h4-8,17-19H,9-14H2,1-3H3. The van der Waals surface area contributed by atoms with Crippen LogP contribution in [0.25, 0.3) is 5.69 Å². The van der Waals surface area contributed by atoms with Gasteiger partial charge in [-0.2, -0.15) is 0 Å². The molecular weight excluding hydrogens is 334 g/mol. The zero-order valence-electron chi connectivity index (χ0n) is 16.6. The second kappa shape index (κ2) is 5.95. The molecule has 0 atom stereocenters. The van der Waals surface area contributed by atoms with E-state index < -0.39 is 0 Å². The predicted molar refractivity (Wildman–Crippen MR) is 106 cm³/mol. The van der Waals surface area contributed by atoms with E-state index in [2.05, 4.69) is 21.6 Å². The molecule has 0 saturated heterocycles. The number of benzene rings is 1. The lowest BCUT2D eigenvalue weighted by atomic mass is 9.52. The van der Waals surface area contributed by atoms with Crippen LogP contribution in [0.5, 0.6) is 0 Å². The summed E-state index contributed by atoms with van der Waals surface area (Å²) in [5, 5.41) is 0. The van der Waals surface area contributed by atoms with Crippen LogP contribution in [0.2, 0.25) is 0 Å². The molecule has 0 spiro atoms. The fourth-order valence-corrected chi connectivity index (χ4v) is 6.65. The summed E-state index contributed by atoms with van der Waals surface area (Å²) < 4.78 is 2.10. The molecule has 2 aromatic rings. The lowest BCUT2D eigenvalue weighted by Gasteiger charge is -2.59. The van der Waals surface area contributed by atoms with Gasteiger partial charge in [0.05, 0.1) is 5.69 Å². The van der Waals surface area contributed by atoms with Gasteiger partial charge in [0.1, 0.15) is 11.5 Å². The van der Waals surface area contributed by atoms with Crippen LogP contribution in [-0.4, -0.2) is 32.9 Å². The second-order valence-corrected chi connectivity index (χ2v) is 9.27. The normalized spacial score (nSPS) is 31.3. The fraction of sp³-hybridized carbons (Fsp3) is 0.565. The SMILES string of the molecule is Cc1nc(C(=O)N(C)C23CC4CC(CC(C4)C2)C3)c(C)n1-c1ccccc1. The molecule has 4 saturated carbocycles. The van der Waals surface area contributed by atoms with Crippen molar-refractivity contribution in [3.05, 3.63) is 47.5 Å². The number of para-hydroxylation sites is 1. The summed E-state index contributed by atoms with van der Waals surface area (Å²) in [6.07, 6.45) is 7.75. The molecular formula is C23H29N3O. The number of imidazole rings is 1. The minimum absolute atomic E-state index is 0.0721. The van der Waals surface area contributed by atoms with Gasteiger partial charge in [-0.3, -0.25) is 4.79 Å². The Morgan fingerprint density at radius 3 is 2.15 bits per heavy atom. The molecule has 1 heterocycles. The first kappa shape index (κ1) is 17.0. The zero-order valence-corrected chi connectivity index (χ0v) is 16.6. The van der Waals surface area contributed by atoms with Gasteiger partial charge < -0.3 is 9.47 Å². The molecule has 4 aliphatic carbocycles. The largest absolute Gasteiger partial charge is 0.335 e. The van der Waals surface area contributed by atoms with E-state index >= 15 is 0 Å². The second-order valence-electron chi connectivity index (χ2n) is 9.27. The van der Waals surface area contributed by atoms with Crippen molar-refractivity contribution in [1.82, 2.24) is 14.5 Å². The molecule has 0 unspecified atom stereocenters. The molecule has 4 aliphatic rings. The van der Waals surface area contributed by atoms with E-state index in [9.17, 15) is 4.79 Å². The first-order chi connectivity index (χ1) is 13.0. The van der Waals surface area contributed by atoms with Gasteiger partial charge in [-0.25, -0.2) is 4.98 Å². The summed E-state index contributed by atoms with van der Waals surface area (Å²) in [7, 11) is 2.03. The van der Waals surface area contributed by atoms with Crippen molar-refractivity contribution in [2.75, 3.05) is 7.05 Å². The quantitative estimate of drug-likeness (QED) is 0.803. The monoisotopic (exact) mass is 363 g/mol. The first-order valence-electron chi connectivity index (χ1n) is 10.4. The number of hydrogen-bond donors (Lipinski definition) is 0. The predicted octanol–water partition coefficient (Wildman–Crippen LogP) is 4.53. The third-order valence-electron chi connectivity index (χ3n) is 7.51. The number of aryl methyl sites for hydroxylation is 1. The Balaban J connectivity index is 1.48. The maximum absolute atomic E-state index is 13.5. The maximum atomic E-state index is 13.5. The Kier molecular flexibility index (Phi) is 3.75. The van der Waals surface area contributed by atoms with Crippen LogP contribution in [0.15, 0.2) is 30.3 Å². The molecule has 0 radical (unpaired) electrons. The summed E-state index contributed by atoms with van der Waals surface area (Å²) >= 11 is 0. The third kappa shape index (κ3) is 2.56. The molecule has 142 valence electrons. The lowest BCUT2D eigenvalue weighted by molar-refractivity contribution is -0.0667. The Morgan fingerprint density at radius 1 is 1.04 bits per heavy atom. The highest BCUT2D eigenvalue weighted by atomic mass is 16.2. The Hall–Kier alpha value is -2.10. The summed E-state index contributed by atoms with van der Waals surface area (Å²) in [4.78, 5) is 20.3. The number of nitrogens with zero attached hydrogens (tertiary/aromatic N) is 3. The minimum atomic E-state index is 0.0721. The number of carbonyl (C=O) groups excluding carboxylic acids is 1. The Labute approximate surface area is 161 Å². The number of aromatic nitrogens is 2. The van der Waals surface area contributed by atoms with Gasteiger partial charge in [-0.05, 0) is 82.3 Å². The van der Waals surface area contributed by atoms with Gasteiger partial charge >= 0.3 is 0 Å². The van der Waals surface area contributed by atoms with Crippen LogP contribution < -0.4 is 0 Å². The van der Waals surface area contributed by atoms with Crippen molar-refractivity contribution in [1.29, 1.82) is 0 Å². The summed E-state index contributed by atoms with van der Waals surface area (Å²) in [6, 6.07) is 10.2. The van der Waals surface area contributed by atoms with Crippen LogP contribution >= 0.6 is 0 Å². The molecule has 0 N–H and O–H groups in total. The fourth-order valence-electron chi connectivity index (χ4n) is 6.65. The van der Waals surface area contributed by atoms with Crippen molar-refractivity contribution >= 4 is 5.91 Å². The molecule has 4 bridgehead atoms. The average molecular weight is 364 g/mol. The highest BCUT2D eigenvalue weighted by Crippen LogP contribution is 2.57. The van der Waals surface area contributed by atoms with E-state index in [0.29, 0.717) is 5.69 Å². The van der Waals surface area contributed by atoms with Crippen molar-refractivity contribution in [3.63, 3.8) is 0 Å². The van der Waals surface area contributed by atoms with Gasteiger partial charge in [0.15, 0.2) is 0 Å². The molecule has 1 aromatic carbocycles. The van der Waals surface area contributed by atoms with Crippen LogP contribution in [0.4, 0.5) is 0 Å². The molecule has 1 amide bonds. The van der Waals surface area contributed by atoms with Gasteiger partial charge in [-0.1, -0.05) is 18.2 Å². The van der Waals surface area contributed by atoms with Crippen LogP contribution in [0.3, 0.4) is 0 Å². The zero-order chi connectivity index (χ0) is 18.8. The van der Waals surface area contributed by atoms with Crippen LogP contribution in [0, 0.1) is 31.6 Å². The van der Waals surface area contributed by atoms with E-state index in [-0.39, 0.29) is 11.4 Å². The first-order valence-corrected chi connectivity index (χ1v) is 10.4. The third-order valence-corrected chi connectivity index (χ3v) is 7.51. The Morgan fingerprint density at radius 2 is 1.59 bits per heavy atom. The van der Waals surface area contributed by atoms with E-state index in [4.69, 9.17) is 4.98 Å². The molecule has 27 heavy (non-hydrogen) atoms. The average Bonchev–Trinajstić information content (AvgIpc) is 2.94. The molecule has 6 rings (SSSR count). The number of carbonyl (C=O) groups is 1. The van der Waals surface area contributed by atoms with Crippen molar-refractivity contribution in [2.24, 2.45) is 17.8 Å².